The van der Waals surface area contributed by atoms with Crippen LogP contribution in [-0.4, -0.2) is 18.3 Å². The van der Waals surface area contributed by atoms with Crippen molar-refractivity contribution in [1.82, 2.24) is 4.57 Å². The summed E-state index contributed by atoms with van der Waals surface area (Å²) in [5, 5.41) is 0. The zero-order valence-electron chi connectivity index (χ0n) is 11.4. The molecule has 2 N–H and O–H groups in total. The summed E-state index contributed by atoms with van der Waals surface area (Å²) in [7, 11) is 1.63. The van der Waals surface area contributed by atoms with Crippen molar-refractivity contribution >= 4 is 5.69 Å². The molecule has 5 heteroatoms. The van der Waals surface area contributed by atoms with Gasteiger partial charge in [-0.05, 0) is 23.8 Å². The Labute approximate surface area is 117 Å². The molecule has 0 unspecified atom stereocenters. The molecule has 2 aromatic rings. The summed E-state index contributed by atoms with van der Waals surface area (Å²) in [6, 6.07) is 10.7. The fourth-order valence-corrected chi connectivity index (χ4v) is 1.84. The third-order valence-corrected chi connectivity index (χ3v) is 2.89. The molecule has 0 aliphatic rings. The zero-order valence-corrected chi connectivity index (χ0v) is 11.4. The van der Waals surface area contributed by atoms with Gasteiger partial charge in [0.15, 0.2) is 0 Å². The summed E-state index contributed by atoms with van der Waals surface area (Å²) in [5.41, 5.74) is 7.16. The molecule has 0 radical (unpaired) electrons. The summed E-state index contributed by atoms with van der Waals surface area (Å²) in [6.45, 7) is 1.41. The molecule has 2 rings (SSSR count). The van der Waals surface area contributed by atoms with E-state index in [1.54, 1.807) is 23.9 Å². The molecule has 0 saturated heterocycles. The molecule has 106 valence electrons. The summed E-state index contributed by atoms with van der Waals surface area (Å²) in [6.07, 6.45) is 1.62. The van der Waals surface area contributed by atoms with Gasteiger partial charge in [-0.25, -0.2) is 0 Å². The van der Waals surface area contributed by atoms with Crippen LogP contribution in [0.2, 0.25) is 0 Å². The second-order valence-electron chi connectivity index (χ2n) is 4.40. The molecule has 1 aromatic heterocycles. The van der Waals surface area contributed by atoms with Crippen LogP contribution in [0.25, 0.3) is 0 Å². The van der Waals surface area contributed by atoms with Crippen LogP contribution in [0.3, 0.4) is 0 Å². The van der Waals surface area contributed by atoms with Gasteiger partial charge >= 0.3 is 0 Å². The van der Waals surface area contributed by atoms with Crippen molar-refractivity contribution in [2.24, 2.45) is 0 Å². The lowest BCUT2D eigenvalue weighted by Gasteiger charge is -2.08. The predicted molar refractivity (Wildman–Crippen MR) is 77.8 cm³/mol. The second kappa shape index (κ2) is 6.77. The number of anilines is 1. The molecule has 20 heavy (non-hydrogen) atoms. The van der Waals surface area contributed by atoms with E-state index in [2.05, 4.69) is 0 Å². The van der Waals surface area contributed by atoms with E-state index in [4.69, 9.17) is 15.2 Å². The number of aromatic nitrogens is 1. The lowest BCUT2D eigenvalue weighted by molar-refractivity contribution is 0.112. The molecule has 0 aliphatic heterocycles. The molecule has 0 saturated carbocycles. The van der Waals surface area contributed by atoms with E-state index in [1.807, 2.05) is 24.3 Å². The van der Waals surface area contributed by atoms with Crippen LogP contribution in [0.5, 0.6) is 5.75 Å². The van der Waals surface area contributed by atoms with Crippen molar-refractivity contribution in [3.8, 4) is 5.75 Å². The summed E-state index contributed by atoms with van der Waals surface area (Å²) >= 11 is 0. The van der Waals surface area contributed by atoms with Crippen molar-refractivity contribution in [3.05, 3.63) is 58.5 Å². The van der Waals surface area contributed by atoms with E-state index >= 15 is 0 Å². The van der Waals surface area contributed by atoms with Gasteiger partial charge in [0.25, 0.3) is 5.56 Å². The number of pyridine rings is 1. The van der Waals surface area contributed by atoms with Crippen LogP contribution in [0, 0.1) is 0 Å². The fraction of sp³-hybridized carbons (Fsp3) is 0.267. The number of ether oxygens (including phenoxy) is 2. The highest BCUT2D eigenvalue weighted by Crippen LogP contribution is 2.13. The number of benzene rings is 1. The standard InChI is InChI=1S/C15H18N2O3/c1-19-14-4-2-3-12(9-14)11-20-8-7-17-10-13(16)5-6-15(17)18/h2-6,9-10H,7-8,11,16H2,1H3. The molecule has 0 atom stereocenters. The van der Waals surface area contributed by atoms with E-state index in [0.717, 1.165) is 11.3 Å². The van der Waals surface area contributed by atoms with Crippen molar-refractivity contribution in [2.45, 2.75) is 13.2 Å². The predicted octanol–water partition coefficient (Wildman–Crippen LogP) is 1.66. The average molecular weight is 274 g/mol. The van der Waals surface area contributed by atoms with Gasteiger partial charge in [-0.15, -0.1) is 0 Å². The lowest BCUT2D eigenvalue weighted by Crippen LogP contribution is -2.21. The Morgan fingerprint density at radius 2 is 2.10 bits per heavy atom. The minimum atomic E-state index is -0.0795. The topological polar surface area (TPSA) is 66.5 Å². The maximum Gasteiger partial charge on any atom is 0.250 e. The first kappa shape index (κ1) is 14.1. The first-order chi connectivity index (χ1) is 9.69. The number of rotatable bonds is 6. The van der Waals surface area contributed by atoms with E-state index in [0.29, 0.717) is 25.4 Å². The van der Waals surface area contributed by atoms with Gasteiger partial charge in [0.05, 0.1) is 20.3 Å². The Bertz CT molecular complexity index is 623. The van der Waals surface area contributed by atoms with Gasteiger partial charge in [-0.3, -0.25) is 4.79 Å². The molecule has 0 amide bonds. The smallest absolute Gasteiger partial charge is 0.250 e. The normalized spacial score (nSPS) is 10.4. The maximum atomic E-state index is 11.6. The van der Waals surface area contributed by atoms with E-state index in [1.165, 1.54) is 6.07 Å². The minimum Gasteiger partial charge on any atom is -0.497 e. The number of nitrogens with zero attached hydrogens (tertiary/aromatic N) is 1. The van der Waals surface area contributed by atoms with Crippen molar-refractivity contribution < 1.29 is 9.47 Å². The van der Waals surface area contributed by atoms with Crippen LogP contribution in [0.4, 0.5) is 5.69 Å². The molecular weight excluding hydrogens is 256 g/mol. The summed E-state index contributed by atoms with van der Waals surface area (Å²) < 4.78 is 12.2. The fourth-order valence-electron chi connectivity index (χ4n) is 1.84. The summed E-state index contributed by atoms with van der Waals surface area (Å²) in [4.78, 5) is 11.6. The molecule has 5 nitrogen and oxygen atoms in total. The number of nitrogen functional groups attached to an aromatic ring is 1. The van der Waals surface area contributed by atoms with Gasteiger partial charge in [-0.2, -0.15) is 0 Å². The number of methoxy groups -OCH3 is 1. The number of nitrogens with two attached hydrogens (primary N) is 1. The first-order valence-corrected chi connectivity index (χ1v) is 6.35. The Balaban J connectivity index is 1.84. The molecule has 0 bridgehead atoms. The highest BCUT2D eigenvalue weighted by molar-refractivity contribution is 5.33. The first-order valence-electron chi connectivity index (χ1n) is 6.35. The third-order valence-electron chi connectivity index (χ3n) is 2.89. The largest absolute Gasteiger partial charge is 0.497 e. The van der Waals surface area contributed by atoms with Gasteiger partial charge < -0.3 is 19.8 Å². The third kappa shape index (κ3) is 3.86. The van der Waals surface area contributed by atoms with E-state index in [-0.39, 0.29) is 5.56 Å². The van der Waals surface area contributed by atoms with Crippen LogP contribution in [-0.2, 0) is 17.9 Å². The summed E-state index contributed by atoms with van der Waals surface area (Å²) in [5.74, 6) is 0.804. The Morgan fingerprint density at radius 1 is 1.25 bits per heavy atom. The lowest BCUT2D eigenvalue weighted by atomic mass is 10.2. The number of hydrogen-bond acceptors (Lipinski definition) is 4. The molecule has 0 fully saturated rings. The van der Waals surface area contributed by atoms with Crippen molar-refractivity contribution in [3.63, 3.8) is 0 Å². The van der Waals surface area contributed by atoms with Gasteiger partial charge in [-0.1, -0.05) is 12.1 Å². The molecular formula is C15H18N2O3. The number of hydrogen-bond donors (Lipinski definition) is 1. The monoisotopic (exact) mass is 274 g/mol. The molecule has 0 spiro atoms. The molecule has 1 heterocycles. The van der Waals surface area contributed by atoms with Crippen LogP contribution in [0.15, 0.2) is 47.4 Å². The molecule has 1 aromatic carbocycles. The van der Waals surface area contributed by atoms with Gasteiger partial charge in [0.2, 0.25) is 0 Å². The molecule has 0 aliphatic carbocycles. The minimum absolute atomic E-state index is 0.0795. The highest BCUT2D eigenvalue weighted by atomic mass is 16.5. The van der Waals surface area contributed by atoms with Crippen LogP contribution < -0.4 is 16.0 Å². The maximum absolute atomic E-state index is 11.6. The average Bonchev–Trinajstić information content (AvgIpc) is 2.47. The quantitative estimate of drug-likeness (QED) is 0.813. The second-order valence-corrected chi connectivity index (χ2v) is 4.40. The Morgan fingerprint density at radius 3 is 2.90 bits per heavy atom. The zero-order chi connectivity index (χ0) is 14.4. The SMILES string of the molecule is COc1cccc(COCCn2cc(N)ccc2=O)c1. The van der Waals surface area contributed by atoms with Crippen molar-refractivity contribution in [2.75, 3.05) is 19.5 Å². The van der Waals surface area contributed by atoms with E-state index in [9.17, 15) is 4.79 Å². The van der Waals surface area contributed by atoms with Crippen LogP contribution in [0.1, 0.15) is 5.56 Å². The Hall–Kier alpha value is -2.27. The van der Waals surface area contributed by atoms with Gasteiger partial charge in [0, 0.05) is 24.5 Å². The highest BCUT2D eigenvalue weighted by Gasteiger charge is 1.99. The Kier molecular flexibility index (Phi) is 4.79. The van der Waals surface area contributed by atoms with E-state index < -0.39 is 0 Å². The van der Waals surface area contributed by atoms with Crippen molar-refractivity contribution in [1.29, 1.82) is 0 Å². The van der Waals surface area contributed by atoms with Gasteiger partial charge in [0.1, 0.15) is 5.75 Å². The van der Waals surface area contributed by atoms with Crippen LogP contribution >= 0.6 is 0 Å².